The summed E-state index contributed by atoms with van der Waals surface area (Å²) in [6, 6.07) is 8.64. The lowest BCUT2D eigenvalue weighted by Gasteiger charge is -2.20. The van der Waals surface area contributed by atoms with Gasteiger partial charge < -0.3 is 10.6 Å². The van der Waals surface area contributed by atoms with E-state index in [2.05, 4.69) is 24.8 Å². The lowest BCUT2D eigenvalue weighted by molar-refractivity contribution is 0.566. The molecular formula is C14H19N3S. The van der Waals surface area contributed by atoms with E-state index in [1.807, 2.05) is 18.2 Å². The molecule has 1 heterocycles. The standard InChI is InChI=1S/C14H19N3S/c1-3-18-14-6-4-5-13(11(14)7-15)17-8-10(2)12(16)9-17/h4-6,10,12H,3,8-9,16H2,1-2H3. The van der Waals surface area contributed by atoms with Crippen LogP contribution in [0.3, 0.4) is 0 Å². The van der Waals surface area contributed by atoms with E-state index in [9.17, 15) is 5.26 Å². The van der Waals surface area contributed by atoms with Crippen molar-refractivity contribution in [2.24, 2.45) is 11.7 Å². The number of hydrogen-bond donors (Lipinski definition) is 1. The van der Waals surface area contributed by atoms with Gasteiger partial charge in [0.1, 0.15) is 6.07 Å². The highest BCUT2D eigenvalue weighted by molar-refractivity contribution is 7.99. The van der Waals surface area contributed by atoms with Crippen molar-refractivity contribution in [2.45, 2.75) is 24.8 Å². The number of nitriles is 1. The molecule has 0 radical (unpaired) electrons. The normalized spacial score (nSPS) is 23.1. The zero-order valence-electron chi connectivity index (χ0n) is 10.9. The van der Waals surface area contributed by atoms with Crippen LogP contribution in [-0.2, 0) is 0 Å². The van der Waals surface area contributed by atoms with E-state index < -0.39 is 0 Å². The average Bonchev–Trinajstić information content (AvgIpc) is 2.69. The molecule has 3 nitrogen and oxygen atoms in total. The minimum Gasteiger partial charge on any atom is -0.369 e. The Kier molecular flexibility index (Phi) is 4.15. The number of thioether (sulfide) groups is 1. The number of nitrogens with zero attached hydrogens (tertiary/aromatic N) is 2. The molecule has 0 aromatic heterocycles. The van der Waals surface area contributed by atoms with Gasteiger partial charge in [0, 0.05) is 24.0 Å². The van der Waals surface area contributed by atoms with Crippen LogP contribution in [0, 0.1) is 17.2 Å². The van der Waals surface area contributed by atoms with E-state index in [0.717, 1.165) is 35.0 Å². The van der Waals surface area contributed by atoms with Crippen LogP contribution in [0.25, 0.3) is 0 Å². The second kappa shape index (κ2) is 5.64. The van der Waals surface area contributed by atoms with Gasteiger partial charge in [0.05, 0.1) is 11.3 Å². The van der Waals surface area contributed by atoms with Gasteiger partial charge in [-0.25, -0.2) is 0 Å². The molecule has 1 saturated heterocycles. The molecule has 2 atom stereocenters. The molecule has 2 rings (SSSR count). The summed E-state index contributed by atoms with van der Waals surface area (Å²) in [6.45, 7) is 6.06. The molecule has 1 aromatic rings. The summed E-state index contributed by atoms with van der Waals surface area (Å²) in [7, 11) is 0. The van der Waals surface area contributed by atoms with Crippen molar-refractivity contribution in [3.63, 3.8) is 0 Å². The first kappa shape index (κ1) is 13.3. The van der Waals surface area contributed by atoms with E-state index in [4.69, 9.17) is 5.73 Å². The zero-order chi connectivity index (χ0) is 13.1. The summed E-state index contributed by atoms with van der Waals surface area (Å²) in [5, 5.41) is 9.40. The molecule has 0 bridgehead atoms. The molecule has 1 fully saturated rings. The van der Waals surface area contributed by atoms with E-state index in [1.165, 1.54) is 0 Å². The predicted octanol–water partition coefficient (Wildman–Crippen LogP) is 2.45. The molecule has 0 amide bonds. The van der Waals surface area contributed by atoms with Crippen molar-refractivity contribution in [3.05, 3.63) is 23.8 Å². The third-order valence-electron chi connectivity index (χ3n) is 3.43. The van der Waals surface area contributed by atoms with Crippen molar-refractivity contribution in [3.8, 4) is 6.07 Å². The van der Waals surface area contributed by atoms with Crippen LogP contribution >= 0.6 is 11.8 Å². The molecule has 1 aliphatic heterocycles. The second-order valence-corrected chi connectivity index (χ2v) is 6.05. The molecule has 2 unspecified atom stereocenters. The van der Waals surface area contributed by atoms with Gasteiger partial charge >= 0.3 is 0 Å². The van der Waals surface area contributed by atoms with Gasteiger partial charge in [-0.3, -0.25) is 0 Å². The molecular weight excluding hydrogens is 242 g/mol. The van der Waals surface area contributed by atoms with E-state index in [1.54, 1.807) is 11.8 Å². The van der Waals surface area contributed by atoms with E-state index >= 15 is 0 Å². The fourth-order valence-corrected chi connectivity index (χ4v) is 3.14. The first-order valence-electron chi connectivity index (χ1n) is 6.33. The first-order chi connectivity index (χ1) is 8.67. The lowest BCUT2D eigenvalue weighted by atomic mass is 10.1. The molecule has 0 saturated carbocycles. The summed E-state index contributed by atoms with van der Waals surface area (Å²) in [6.07, 6.45) is 0. The predicted molar refractivity (Wildman–Crippen MR) is 76.9 cm³/mol. The summed E-state index contributed by atoms with van der Waals surface area (Å²) < 4.78 is 0. The molecule has 96 valence electrons. The van der Waals surface area contributed by atoms with Gasteiger partial charge in [0.2, 0.25) is 0 Å². The molecule has 0 spiro atoms. The Hall–Kier alpha value is -1.18. The monoisotopic (exact) mass is 261 g/mol. The summed E-state index contributed by atoms with van der Waals surface area (Å²) >= 11 is 1.72. The minimum atomic E-state index is 0.207. The van der Waals surface area contributed by atoms with Crippen molar-refractivity contribution in [2.75, 3.05) is 23.7 Å². The maximum atomic E-state index is 9.40. The maximum Gasteiger partial charge on any atom is 0.103 e. The fraction of sp³-hybridized carbons (Fsp3) is 0.500. The van der Waals surface area contributed by atoms with Gasteiger partial charge in [-0.05, 0) is 23.8 Å². The molecule has 18 heavy (non-hydrogen) atoms. The van der Waals surface area contributed by atoms with Crippen molar-refractivity contribution < 1.29 is 0 Å². The summed E-state index contributed by atoms with van der Waals surface area (Å²) in [5.41, 5.74) is 7.90. The number of anilines is 1. The van der Waals surface area contributed by atoms with Gasteiger partial charge in [0.15, 0.2) is 0 Å². The van der Waals surface area contributed by atoms with Crippen LogP contribution in [0.5, 0.6) is 0 Å². The van der Waals surface area contributed by atoms with Crippen molar-refractivity contribution in [1.29, 1.82) is 5.26 Å². The number of hydrogen-bond acceptors (Lipinski definition) is 4. The highest BCUT2D eigenvalue weighted by Gasteiger charge is 2.28. The molecule has 4 heteroatoms. The van der Waals surface area contributed by atoms with Crippen LogP contribution in [0.4, 0.5) is 5.69 Å². The van der Waals surface area contributed by atoms with Gasteiger partial charge in [0.25, 0.3) is 0 Å². The van der Waals surface area contributed by atoms with Gasteiger partial charge in [-0.1, -0.05) is 19.9 Å². The number of benzene rings is 1. The van der Waals surface area contributed by atoms with Crippen LogP contribution in [0.1, 0.15) is 19.4 Å². The van der Waals surface area contributed by atoms with Crippen LogP contribution in [0.15, 0.2) is 23.1 Å². The maximum absolute atomic E-state index is 9.40. The Labute approximate surface area is 113 Å². The Balaban J connectivity index is 2.34. The number of rotatable bonds is 3. The highest BCUT2D eigenvalue weighted by Crippen LogP contribution is 2.32. The Morgan fingerprint density at radius 3 is 2.83 bits per heavy atom. The quantitative estimate of drug-likeness (QED) is 0.849. The smallest absolute Gasteiger partial charge is 0.103 e. The average molecular weight is 261 g/mol. The van der Waals surface area contributed by atoms with Gasteiger partial charge in [-0.2, -0.15) is 5.26 Å². The Morgan fingerprint density at radius 1 is 1.50 bits per heavy atom. The number of nitrogens with two attached hydrogens (primary N) is 1. The molecule has 2 N–H and O–H groups in total. The second-order valence-electron chi connectivity index (χ2n) is 4.74. The van der Waals surface area contributed by atoms with Crippen LogP contribution in [-0.4, -0.2) is 24.9 Å². The Bertz CT molecular complexity index is 457. The van der Waals surface area contributed by atoms with Crippen LogP contribution in [0.2, 0.25) is 0 Å². The minimum absolute atomic E-state index is 0.207. The largest absolute Gasteiger partial charge is 0.369 e. The van der Waals surface area contributed by atoms with Crippen LogP contribution < -0.4 is 10.6 Å². The van der Waals surface area contributed by atoms with Crippen molar-refractivity contribution in [1.82, 2.24) is 0 Å². The zero-order valence-corrected chi connectivity index (χ0v) is 11.7. The summed E-state index contributed by atoms with van der Waals surface area (Å²) in [4.78, 5) is 3.32. The molecule has 1 aromatic carbocycles. The van der Waals surface area contributed by atoms with E-state index in [0.29, 0.717) is 5.92 Å². The third kappa shape index (κ3) is 2.47. The summed E-state index contributed by atoms with van der Waals surface area (Å²) in [5.74, 6) is 1.47. The SMILES string of the molecule is CCSc1cccc(N2CC(C)C(N)C2)c1C#N. The Morgan fingerprint density at radius 2 is 2.28 bits per heavy atom. The first-order valence-corrected chi connectivity index (χ1v) is 7.32. The lowest BCUT2D eigenvalue weighted by Crippen LogP contribution is -2.28. The highest BCUT2D eigenvalue weighted by atomic mass is 32.2. The fourth-order valence-electron chi connectivity index (χ4n) is 2.36. The molecule has 1 aliphatic rings. The van der Waals surface area contributed by atoms with E-state index in [-0.39, 0.29) is 6.04 Å². The van der Waals surface area contributed by atoms with Crippen molar-refractivity contribution >= 4 is 17.4 Å². The third-order valence-corrected chi connectivity index (χ3v) is 4.37. The van der Waals surface area contributed by atoms with Gasteiger partial charge in [-0.15, -0.1) is 11.8 Å². The topological polar surface area (TPSA) is 53.0 Å². The molecule has 0 aliphatic carbocycles.